The Morgan fingerprint density at radius 1 is 0.872 bits per heavy atom. The Labute approximate surface area is 248 Å². The molecule has 1 atom stereocenters. The van der Waals surface area contributed by atoms with Gasteiger partial charge in [0.2, 0.25) is 11.8 Å². The molecule has 3 aromatic carbocycles. The van der Waals surface area contributed by atoms with E-state index in [2.05, 4.69) is 5.32 Å². The molecule has 0 fully saturated rings. The van der Waals surface area contributed by atoms with Gasteiger partial charge in [0.05, 0.1) is 15.6 Å². The summed E-state index contributed by atoms with van der Waals surface area (Å²) in [5, 5.41) is 3.80. The maximum Gasteiger partial charge on any atom is 0.264 e. The Morgan fingerprint density at radius 3 is 2.05 bits per heavy atom. The van der Waals surface area contributed by atoms with Crippen molar-refractivity contribution < 1.29 is 18.0 Å². The topological polar surface area (TPSA) is 86.8 Å². The second kappa shape index (κ2) is 13.7. The molecule has 12 heteroatoms. The standard InChI is InChI=1S/C27H27Cl4N3O4S/c1-3-24(27(36)32-4-2)33(16-18-10-11-19(28)14-22(18)30)26(35)17-34(25-13-12-20(29)15-23(25)31)39(37,38)21-8-6-5-7-9-21/h5-15,24H,3-4,16-17H2,1-2H3,(H,32,36). The van der Waals surface area contributed by atoms with Gasteiger partial charge in [0, 0.05) is 28.2 Å². The van der Waals surface area contributed by atoms with Crippen molar-refractivity contribution in [3.05, 3.63) is 92.4 Å². The summed E-state index contributed by atoms with van der Waals surface area (Å²) in [6.45, 7) is 3.19. The average Bonchev–Trinajstić information content (AvgIpc) is 2.89. The van der Waals surface area contributed by atoms with E-state index in [4.69, 9.17) is 46.4 Å². The van der Waals surface area contributed by atoms with Gasteiger partial charge in [-0.25, -0.2) is 8.42 Å². The second-order valence-electron chi connectivity index (χ2n) is 8.50. The van der Waals surface area contributed by atoms with E-state index < -0.39 is 28.5 Å². The number of sulfonamides is 1. The van der Waals surface area contributed by atoms with Crippen LogP contribution in [0.2, 0.25) is 20.1 Å². The minimum atomic E-state index is -4.25. The molecule has 0 radical (unpaired) electrons. The first-order valence-corrected chi connectivity index (χ1v) is 15.0. The van der Waals surface area contributed by atoms with Crippen LogP contribution in [0.1, 0.15) is 25.8 Å². The summed E-state index contributed by atoms with van der Waals surface area (Å²) in [6, 6.07) is 15.9. The lowest BCUT2D eigenvalue weighted by Crippen LogP contribution is -2.52. The summed E-state index contributed by atoms with van der Waals surface area (Å²) in [7, 11) is -4.25. The fourth-order valence-electron chi connectivity index (χ4n) is 3.96. The molecule has 0 aliphatic heterocycles. The zero-order chi connectivity index (χ0) is 28.7. The summed E-state index contributed by atoms with van der Waals surface area (Å²) in [5.74, 6) is -1.01. The smallest absolute Gasteiger partial charge is 0.264 e. The van der Waals surface area contributed by atoms with Crippen LogP contribution >= 0.6 is 46.4 Å². The Balaban J connectivity index is 2.10. The third-order valence-electron chi connectivity index (χ3n) is 5.88. The predicted molar refractivity (Wildman–Crippen MR) is 157 cm³/mol. The van der Waals surface area contributed by atoms with Crippen molar-refractivity contribution in [1.29, 1.82) is 0 Å². The van der Waals surface area contributed by atoms with Crippen LogP contribution in [0.15, 0.2) is 71.6 Å². The normalized spacial score (nSPS) is 12.1. The lowest BCUT2D eigenvalue weighted by Gasteiger charge is -2.33. The highest BCUT2D eigenvalue weighted by molar-refractivity contribution is 7.92. The van der Waals surface area contributed by atoms with Crippen LogP contribution in [0, 0.1) is 0 Å². The van der Waals surface area contributed by atoms with Gasteiger partial charge in [-0.3, -0.25) is 13.9 Å². The molecule has 0 saturated carbocycles. The zero-order valence-corrected chi connectivity index (χ0v) is 25.0. The largest absolute Gasteiger partial charge is 0.355 e. The number of nitrogens with zero attached hydrogens (tertiary/aromatic N) is 2. The molecule has 2 amide bonds. The maximum absolute atomic E-state index is 14.0. The van der Waals surface area contributed by atoms with E-state index in [9.17, 15) is 18.0 Å². The van der Waals surface area contributed by atoms with Gasteiger partial charge in [0.15, 0.2) is 0 Å². The molecule has 0 bridgehead atoms. The Kier molecular flexibility index (Phi) is 10.9. The van der Waals surface area contributed by atoms with Crippen molar-refractivity contribution in [1.82, 2.24) is 10.2 Å². The number of anilines is 1. The Morgan fingerprint density at radius 2 is 1.49 bits per heavy atom. The molecule has 0 spiro atoms. The van der Waals surface area contributed by atoms with Gasteiger partial charge in [-0.1, -0.05) is 77.6 Å². The molecule has 0 saturated heterocycles. The highest BCUT2D eigenvalue weighted by atomic mass is 35.5. The molecule has 39 heavy (non-hydrogen) atoms. The van der Waals surface area contributed by atoms with E-state index >= 15 is 0 Å². The van der Waals surface area contributed by atoms with Gasteiger partial charge in [-0.2, -0.15) is 0 Å². The number of carbonyl (C=O) groups excluding carboxylic acids is 2. The number of benzene rings is 3. The van der Waals surface area contributed by atoms with E-state index in [1.54, 1.807) is 44.2 Å². The maximum atomic E-state index is 14.0. The van der Waals surface area contributed by atoms with Gasteiger partial charge in [0.25, 0.3) is 10.0 Å². The summed E-state index contributed by atoms with van der Waals surface area (Å²) >= 11 is 24.9. The number of halogens is 4. The summed E-state index contributed by atoms with van der Waals surface area (Å²) in [4.78, 5) is 28.2. The van der Waals surface area contributed by atoms with Crippen LogP contribution in [-0.4, -0.2) is 44.3 Å². The third kappa shape index (κ3) is 7.58. The third-order valence-corrected chi connectivity index (χ3v) is 8.78. The molecule has 7 nitrogen and oxygen atoms in total. The number of hydrogen-bond donors (Lipinski definition) is 1. The van der Waals surface area contributed by atoms with Gasteiger partial charge in [-0.15, -0.1) is 0 Å². The first-order chi connectivity index (χ1) is 18.5. The average molecular weight is 631 g/mol. The number of rotatable bonds is 11. The molecule has 0 aromatic heterocycles. The number of carbonyl (C=O) groups is 2. The first kappa shape index (κ1) is 31.0. The molecule has 1 unspecified atom stereocenters. The number of amides is 2. The molecule has 3 aromatic rings. The fraction of sp³-hybridized carbons (Fsp3) is 0.259. The molecule has 1 N–H and O–H groups in total. The van der Waals surface area contributed by atoms with Crippen molar-refractivity contribution >= 4 is 73.9 Å². The molecule has 3 rings (SSSR count). The van der Waals surface area contributed by atoms with E-state index in [0.29, 0.717) is 27.2 Å². The van der Waals surface area contributed by atoms with Crippen LogP contribution in [0.4, 0.5) is 5.69 Å². The van der Waals surface area contributed by atoms with Crippen LogP contribution in [0.5, 0.6) is 0 Å². The second-order valence-corrected chi connectivity index (χ2v) is 12.0. The summed E-state index contributed by atoms with van der Waals surface area (Å²) in [5.41, 5.74) is 0.605. The Hall–Kier alpha value is -2.49. The monoisotopic (exact) mass is 629 g/mol. The summed E-state index contributed by atoms with van der Waals surface area (Å²) in [6.07, 6.45) is 0.274. The van der Waals surface area contributed by atoms with Crippen molar-refractivity contribution in [2.45, 2.75) is 37.8 Å². The van der Waals surface area contributed by atoms with Gasteiger partial charge >= 0.3 is 0 Å². The predicted octanol–water partition coefficient (Wildman–Crippen LogP) is 6.44. The highest BCUT2D eigenvalue weighted by Crippen LogP contribution is 2.33. The van der Waals surface area contributed by atoms with Crippen LogP contribution in [-0.2, 0) is 26.2 Å². The Bertz CT molecular complexity index is 1440. The quantitative estimate of drug-likeness (QED) is 0.264. The fourth-order valence-corrected chi connectivity index (χ4v) is 6.44. The lowest BCUT2D eigenvalue weighted by molar-refractivity contribution is -0.140. The zero-order valence-electron chi connectivity index (χ0n) is 21.2. The van der Waals surface area contributed by atoms with E-state index in [-0.39, 0.29) is 34.5 Å². The highest BCUT2D eigenvalue weighted by Gasteiger charge is 2.34. The summed E-state index contributed by atoms with van der Waals surface area (Å²) < 4.78 is 28.5. The molecule has 0 heterocycles. The number of hydrogen-bond acceptors (Lipinski definition) is 4. The molecule has 208 valence electrons. The van der Waals surface area contributed by atoms with E-state index in [0.717, 1.165) is 4.31 Å². The van der Waals surface area contributed by atoms with Crippen molar-refractivity contribution in [3.8, 4) is 0 Å². The molecular formula is C27H27Cl4N3O4S. The van der Waals surface area contributed by atoms with Crippen molar-refractivity contribution in [3.63, 3.8) is 0 Å². The molecule has 0 aliphatic carbocycles. The van der Waals surface area contributed by atoms with Gasteiger partial charge in [-0.05, 0) is 61.4 Å². The van der Waals surface area contributed by atoms with Crippen LogP contribution in [0.3, 0.4) is 0 Å². The van der Waals surface area contributed by atoms with E-state index in [1.807, 2.05) is 0 Å². The minimum absolute atomic E-state index is 0.0353. The molecular weight excluding hydrogens is 604 g/mol. The van der Waals surface area contributed by atoms with Crippen LogP contribution < -0.4 is 9.62 Å². The van der Waals surface area contributed by atoms with Crippen molar-refractivity contribution in [2.24, 2.45) is 0 Å². The minimum Gasteiger partial charge on any atom is -0.355 e. The van der Waals surface area contributed by atoms with Crippen LogP contribution in [0.25, 0.3) is 0 Å². The molecule has 0 aliphatic rings. The van der Waals surface area contributed by atoms with Crippen molar-refractivity contribution in [2.75, 3.05) is 17.4 Å². The first-order valence-electron chi connectivity index (χ1n) is 12.0. The van der Waals surface area contributed by atoms with Gasteiger partial charge in [0.1, 0.15) is 12.6 Å². The lowest BCUT2D eigenvalue weighted by atomic mass is 10.1. The van der Waals surface area contributed by atoms with Gasteiger partial charge < -0.3 is 10.2 Å². The van der Waals surface area contributed by atoms with E-state index in [1.165, 1.54) is 41.3 Å². The number of likely N-dealkylation sites (N-methyl/N-ethyl adjacent to an activating group) is 1. The number of nitrogens with one attached hydrogen (secondary N) is 1. The SMILES string of the molecule is CCNC(=O)C(CC)N(Cc1ccc(Cl)cc1Cl)C(=O)CN(c1ccc(Cl)cc1Cl)S(=O)(=O)c1ccccc1.